The fourth-order valence-electron chi connectivity index (χ4n) is 1.05. The molecule has 0 saturated heterocycles. The summed E-state index contributed by atoms with van der Waals surface area (Å²) < 4.78 is 23.5. The minimum Gasteiger partial charge on any atom is -0.323 e. The van der Waals surface area contributed by atoms with Gasteiger partial charge in [-0.25, -0.2) is 8.42 Å². The fraction of sp³-hybridized carbons (Fsp3) is 0.500. The average molecular weight is 298 g/mol. The molecule has 0 amide bonds. The minimum absolute atomic E-state index is 0.467. The monoisotopic (exact) mass is 297 g/mol. The van der Waals surface area contributed by atoms with Gasteiger partial charge in [-0.2, -0.15) is 11.3 Å². The second kappa shape index (κ2) is 4.30. The van der Waals surface area contributed by atoms with Gasteiger partial charge in [0.05, 0.1) is 5.25 Å². The first-order chi connectivity index (χ1) is 6.34. The quantitative estimate of drug-likeness (QED) is 0.927. The Bertz CT molecular complexity index is 413. The molecular formula is C8H12BrNO2S2. The van der Waals surface area contributed by atoms with Gasteiger partial charge in [0.1, 0.15) is 0 Å². The summed E-state index contributed by atoms with van der Waals surface area (Å²) >= 11 is 4.84. The molecule has 1 heterocycles. The molecule has 0 radical (unpaired) electrons. The van der Waals surface area contributed by atoms with E-state index >= 15 is 0 Å². The predicted molar refractivity (Wildman–Crippen MR) is 63.3 cm³/mol. The number of rotatable bonds is 3. The molecule has 2 N–H and O–H groups in total. The number of nitrogens with two attached hydrogens (primary N) is 1. The molecule has 0 spiro atoms. The maximum Gasteiger partial charge on any atom is 0.151 e. The molecule has 80 valence electrons. The van der Waals surface area contributed by atoms with Gasteiger partial charge in [-0.05, 0) is 33.8 Å². The Labute approximate surface area is 96.4 Å². The zero-order chi connectivity index (χ0) is 10.9. The smallest absolute Gasteiger partial charge is 0.151 e. The van der Waals surface area contributed by atoms with Crippen LogP contribution in [0.5, 0.6) is 0 Å². The Hall–Kier alpha value is 0.0900. The molecule has 0 saturated carbocycles. The highest BCUT2D eigenvalue weighted by Gasteiger charge is 2.25. The number of halogens is 1. The third-order valence-electron chi connectivity index (χ3n) is 2.18. The Kier molecular flexibility index (Phi) is 3.74. The normalized spacial score (nSPS) is 16.6. The summed E-state index contributed by atoms with van der Waals surface area (Å²) in [5.74, 6) is 0. The van der Waals surface area contributed by atoms with Crippen molar-refractivity contribution in [2.75, 3.05) is 6.26 Å². The van der Waals surface area contributed by atoms with Gasteiger partial charge in [0.2, 0.25) is 0 Å². The van der Waals surface area contributed by atoms with E-state index < -0.39 is 21.1 Å². The molecule has 14 heavy (non-hydrogen) atoms. The topological polar surface area (TPSA) is 60.2 Å². The fourth-order valence-corrected chi connectivity index (χ4v) is 3.34. The van der Waals surface area contributed by atoms with E-state index in [0.717, 1.165) is 10.0 Å². The van der Waals surface area contributed by atoms with Crippen molar-refractivity contribution < 1.29 is 8.42 Å². The molecule has 3 nitrogen and oxygen atoms in total. The minimum atomic E-state index is -3.09. The summed E-state index contributed by atoms with van der Waals surface area (Å²) in [5, 5.41) is 3.20. The van der Waals surface area contributed by atoms with Gasteiger partial charge in [0.25, 0.3) is 0 Å². The Morgan fingerprint density at radius 2 is 2.07 bits per heavy atom. The summed E-state index contributed by atoms with van der Waals surface area (Å²) in [6, 6.07) is -0.467. The first-order valence-corrected chi connectivity index (χ1v) is 7.69. The van der Waals surface area contributed by atoms with Gasteiger partial charge in [-0.3, -0.25) is 0 Å². The molecule has 0 aromatic carbocycles. The molecule has 1 aromatic heterocycles. The molecule has 1 rings (SSSR count). The largest absolute Gasteiger partial charge is 0.323 e. The van der Waals surface area contributed by atoms with Gasteiger partial charge < -0.3 is 5.73 Å². The highest BCUT2D eigenvalue weighted by atomic mass is 79.9. The second-order valence-electron chi connectivity index (χ2n) is 3.24. The summed E-state index contributed by atoms with van der Waals surface area (Å²) in [6.07, 6.45) is 1.21. The van der Waals surface area contributed by atoms with Crippen molar-refractivity contribution in [3.8, 4) is 0 Å². The van der Waals surface area contributed by atoms with Crippen LogP contribution in [0.1, 0.15) is 18.5 Å². The first kappa shape index (κ1) is 12.2. The molecule has 6 heteroatoms. The standard InChI is InChI=1S/C8H12BrNO2S2/c1-5(14(2,11)12)8(10)6-3-13-4-7(6)9/h3-5,8H,10H2,1-2H3. The highest BCUT2D eigenvalue weighted by molar-refractivity contribution is 9.10. The maximum absolute atomic E-state index is 11.3. The molecule has 1 aromatic rings. The van der Waals surface area contributed by atoms with E-state index in [4.69, 9.17) is 5.73 Å². The number of hydrogen-bond donors (Lipinski definition) is 1. The van der Waals surface area contributed by atoms with Crippen molar-refractivity contribution in [3.63, 3.8) is 0 Å². The van der Waals surface area contributed by atoms with Crippen LogP contribution < -0.4 is 5.73 Å². The van der Waals surface area contributed by atoms with E-state index in [9.17, 15) is 8.42 Å². The van der Waals surface area contributed by atoms with E-state index in [0.29, 0.717) is 0 Å². The lowest BCUT2D eigenvalue weighted by Crippen LogP contribution is -2.30. The van der Waals surface area contributed by atoms with Crippen LogP contribution in [0.25, 0.3) is 0 Å². The summed E-state index contributed by atoms with van der Waals surface area (Å²) in [7, 11) is -3.09. The van der Waals surface area contributed by atoms with Gasteiger partial charge in [-0.15, -0.1) is 0 Å². The van der Waals surface area contributed by atoms with E-state index in [-0.39, 0.29) is 0 Å². The number of thiophene rings is 1. The van der Waals surface area contributed by atoms with Crippen molar-refractivity contribution in [2.24, 2.45) is 5.73 Å². The number of hydrogen-bond acceptors (Lipinski definition) is 4. The van der Waals surface area contributed by atoms with Crippen molar-refractivity contribution >= 4 is 37.1 Å². The molecule has 0 aliphatic carbocycles. The lowest BCUT2D eigenvalue weighted by atomic mass is 10.1. The predicted octanol–water partition coefficient (Wildman–Crippen LogP) is 1.94. The summed E-state index contributed by atoms with van der Waals surface area (Å²) in [6.45, 7) is 1.63. The molecule has 0 bridgehead atoms. The molecule has 2 atom stereocenters. The SMILES string of the molecule is CC(C(N)c1cscc1Br)S(C)(=O)=O. The van der Waals surface area contributed by atoms with Gasteiger partial charge in [0, 0.05) is 22.2 Å². The van der Waals surface area contributed by atoms with Gasteiger partial charge in [-0.1, -0.05) is 0 Å². The third kappa shape index (κ3) is 2.56. The Balaban J connectivity index is 2.97. The lowest BCUT2D eigenvalue weighted by Gasteiger charge is -2.17. The third-order valence-corrected chi connectivity index (χ3v) is 5.58. The van der Waals surface area contributed by atoms with Crippen LogP contribution in [0.3, 0.4) is 0 Å². The van der Waals surface area contributed by atoms with Gasteiger partial charge in [0.15, 0.2) is 9.84 Å². The van der Waals surface area contributed by atoms with Crippen LogP contribution in [0.2, 0.25) is 0 Å². The van der Waals surface area contributed by atoms with Crippen LogP contribution >= 0.6 is 27.3 Å². The first-order valence-electron chi connectivity index (χ1n) is 4.00. The van der Waals surface area contributed by atoms with Crippen molar-refractivity contribution in [1.29, 1.82) is 0 Å². The van der Waals surface area contributed by atoms with Crippen LogP contribution in [0.15, 0.2) is 15.2 Å². The van der Waals surface area contributed by atoms with E-state index in [1.165, 1.54) is 17.6 Å². The van der Waals surface area contributed by atoms with E-state index in [1.807, 2.05) is 10.8 Å². The summed E-state index contributed by atoms with van der Waals surface area (Å²) in [5.41, 5.74) is 6.72. The molecule has 2 unspecified atom stereocenters. The summed E-state index contributed by atoms with van der Waals surface area (Å²) in [4.78, 5) is 0. The Morgan fingerprint density at radius 3 is 2.43 bits per heavy atom. The lowest BCUT2D eigenvalue weighted by molar-refractivity contribution is 0.570. The number of sulfone groups is 1. The molecule has 0 fully saturated rings. The van der Waals surface area contributed by atoms with E-state index in [2.05, 4.69) is 15.9 Å². The van der Waals surface area contributed by atoms with Gasteiger partial charge >= 0.3 is 0 Å². The van der Waals surface area contributed by atoms with Crippen LogP contribution in [0, 0.1) is 0 Å². The average Bonchev–Trinajstić information content (AvgIpc) is 2.47. The highest BCUT2D eigenvalue weighted by Crippen LogP contribution is 2.29. The zero-order valence-corrected chi connectivity index (χ0v) is 11.1. The zero-order valence-electron chi connectivity index (χ0n) is 7.90. The van der Waals surface area contributed by atoms with E-state index in [1.54, 1.807) is 6.92 Å². The molecule has 0 aliphatic heterocycles. The van der Waals surface area contributed by atoms with Crippen LogP contribution in [-0.4, -0.2) is 19.9 Å². The molecular weight excluding hydrogens is 286 g/mol. The van der Waals surface area contributed by atoms with Crippen LogP contribution in [-0.2, 0) is 9.84 Å². The van der Waals surface area contributed by atoms with Crippen molar-refractivity contribution in [1.82, 2.24) is 0 Å². The van der Waals surface area contributed by atoms with Crippen molar-refractivity contribution in [3.05, 3.63) is 20.8 Å². The second-order valence-corrected chi connectivity index (χ2v) is 7.24. The van der Waals surface area contributed by atoms with Crippen LogP contribution in [0.4, 0.5) is 0 Å². The Morgan fingerprint density at radius 1 is 1.50 bits per heavy atom. The molecule has 0 aliphatic rings. The van der Waals surface area contributed by atoms with Crippen molar-refractivity contribution in [2.45, 2.75) is 18.2 Å². The maximum atomic E-state index is 11.3.